The van der Waals surface area contributed by atoms with Crippen molar-refractivity contribution in [2.24, 2.45) is 0 Å². The molecular formula is C18H21N3O4. The molecule has 2 aromatic rings. The zero-order valence-corrected chi connectivity index (χ0v) is 14.1. The Morgan fingerprint density at radius 3 is 2.60 bits per heavy atom. The minimum absolute atomic E-state index is 0.0456. The third kappa shape index (κ3) is 3.35. The Kier molecular flexibility index (Phi) is 4.74. The number of benzene rings is 1. The molecule has 1 aliphatic heterocycles. The van der Waals surface area contributed by atoms with E-state index in [2.05, 4.69) is 4.98 Å². The number of carboxylic acid groups (broad SMARTS) is 1. The molecule has 3 rings (SSSR count). The van der Waals surface area contributed by atoms with Crippen LogP contribution in [0.3, 0.4) is 0 Å². The van der Waals surface area contributed by atoms with Gasteiger partial charge in [-0.2, -0.15) is 0 Å². The normalized spacial score (nSPS) is 16.4. The average Bonchev–Trinajstić information content (AvgIpc) is 3.16. The third-order valence-electron chi connectivity index (χ3n) is 4.78. The van der Waals surface area contributed by atoms with Crippen molar-refractivity contribution in [2.75, 3.05) is 19.7 Å². The molecule has 1 aliphatic rings. The number of aromatic nitrogens is 2. The minimum Gasteiger partial charge on any atom is -0.484 e. The van der Waals surface area contributed by atoms with E-state index < -0.39 is 11.5 Å². The fourth-order valence-electron chi connectivity index (χ4n) is 3.17. The molecule has 7 heteroatoms. The number of para-hydroxylation sites is 1. The molecule has 0 saturated carbocycles. The van der Waals surface area contributed by atoms with E-state index in [0.29, 0.717) is 31.7 Å². The summed E-state index contributed by atoms with van der Waals surface area (Å²) in [5, 5.41) is 9.69. The highest BCUT2D eigenvalue weighted by Crippen LogP contribution is 2.30. The number of aryl methyl sites for hydroxylation is 1. The smallest absolute Gasteiger partial charge is 0.330 e. The Hall–Kier alpha value is -2.83. The molecule has 1 fully saturated rings. The highest BCUT2D eigenvalue weighted by Gasteiger charge is 2.43. The van der Waals surface area contributed by atoms with Crippen LogP contribution >= 0.6 is 0 Å². The van der Waals surface area contributed by atoms with Crippen molar-refractivity contribution in [1.82, 2.24) is 14.5 Å². The lowest BCUT2D eigenvalue weighted by Crippen LogP contribution is -2.52. The summed E-state index contributed by atoms with van der Waals surface area (Å²) in [5.41, 5.74) is -0.0663. The number of amides is 1. The van der Waals surface area contributed by atoms with Gasteiger partial charge in [0.2, 0.25) is 0 Å². The van der Waals surface area contributed by atoms with Gasteiger partial charge in [0.25, 0.3) is 5.91 Å². The maximum atomic E-state index is 12.4. The number of hydrogen-bond donors (Lipinski definition) is 1. The Labute approximate surface area is 145 Å². The van der Waals surface area contributed by atoms with E-state index >= 15 is 0 Å². The van der Waals surface area contributed by atoms with Gasteiger partial charge in [0.15, 0.2) is 6.61 Å². The fraction of sp³-hybridized carbons (Fsp3) is 0.389. The maximum absolute atomic E-state index is 12.4. The number of nitrogens with zero attached hydrogens (tertiary/aromatic N) is 3. The number of rotatable bonds is 5. The lowest BCUT2D eigenvalue weighted by molar-refractivity contribution is -0.153. The first-order valence-electron chi connectivity index (χ1n) is 8.21. The van der Waals surface area contributed by atoms with Crippen LogP contribution in [0.4, 0.5) is 0 Å². The van der Waals surface area contributed by atoms with Gasteiger partial charge in [-0.15, -0.1) is 0 Å². The predicted molar refractivity (Wildman–Crippen MR) is 90.3 cm³/mol. The highest BCUT2D eigenvalue weighted by atomic mass is 16.5. The number of aliphatic carboxylic acids is 1. The van der Waals surface area contributed by atoms with Gasteiger partial charge in [0.1, 0.15) is 11.3 Å². The van der Waals surface area contributed by atoms with Crippen molar-refractivity contribution in [2.45, 2.75) is 25.3 Å². The quantitative estimate of drug-likeness (QED) is 0.893. The van der Waals surface area contributed by atoms with Crippen molar-refractivity contribution in [3.8, 4) is 5.75 Å². The molecule has 25 heavy (non-hydrogen) atoms. The van der Waals surface area contributed by atoms with Gasteiger partial charge in [0.05, 0.1) is 6.33 Å². The van der Waals surface area contributed by atoms with Crippen molar-refractivity contribution in [3.05, 3.63) is 48.5 Å². The molecule has 1 amide bonds. The van der Waals surface area contributed by atoms with Crippen LogP contribution in [0, 0.1) is 6.92 Å². The summed E-state index contributed by atoms with van der Waals surface area (Å²) in [7, 11) is 0. The predicted octanol–water partition coefficient (Wildman–Crippen LogP) is 1.67. The molecule has 0 radical (unpaired) electrons. The molecule has 1 aromatic heterocycles. The summed E-state index contributed by atoms with van der Waals surface area (Å²) in [5.74, 6) is -0.340. The van der Waals surface area contributed by atoms with Gasteiger partial charge in [-0.05, 0) is 31.4 Å². The Bertz CT molecular complexity index is 749. The first-order valence-corrected chi connectivity index (χ1v) is 8.21. The third-order valence-corrected chi connectivity index (χ3v) is 4.78. The Balaban J connectivity index is 1.61. The van der Waals surface area contributed by atoms with Crippen molar-refractivity contribution < 1.29 is 19.4 Å². The summed E-state index contributed by atoms with van der Waals surface area (Å²) in [6.07, 6.45) is 5.43. The van der Waals surface area contributed by atoms with E-state index in [1.807, 2.05) is 31.2 Å². The van der Waals surface area contributed by atoms with E-state index in [0.717, 1.165) is 5.56 Å². The number of carbonyl (C=O) groups is 2. The number of likely N-dealkylation sites (tertiary alicyclic amines) is 1. The Morgan fingerprint density at radius 1 is 1.28 bits per heavy atom. The van der Waals surface area contributed by atoms with Crippen LogP contribution in [-0.4, -0.2) is 51.1 Å². The van der Waals surface area contributed by atoms with Crippen LogP contribution < -0.4 is 4.74 Å². The van der Waals surface area contributed by atoms with Gasteiger partial charge in [-0.25, -0.2) is 9.78 Å². The van der Waals surface area contributed by atoms with Gasteiger partial charge in [-0.3, -0.25) is 4.79 Å². The number of ether oxygens (including phenoxy) is 1. The van der Waals surface area contributed by atoms with Crippen molar-refractivity contribution >= 4 is 11.9 Å². The van der Waals surface area contributed by atoms with Gasteiger partial charge in [0, 0.05) is 25.5 Å². The van der Waals surface area contributed by atoms with Crippen molar-refractivity contribution in [1.29, 1.82) is 0 Å². The first-order chi connectivity index (χ1) is 12.0. The molecule has 2 heterocycles. The number of hydrogen-bond acceptors (Lipinski definition) is 4. The number of carbonyl (C=O) groups excluding carboxylic acids is 1. The molecular weight excluding hydrogens is 322 g/mol. The molecule has 0 aliphatic carbocycles. The molecule has 1 N–H and O–H groups in total. The summed E-state index contributed by atoms with van der Waals surface area (Å²) < 4.78 is 7.23. The minimum atomic E-state index is -1.04. The lowest BCUT2D eigenvalue weighted by atomic mass is 9.87. The molecule has 0 unspecified atom stereocenters. The lowest BCUT2D eigenvalue weighted by Gasteiger charge is -2.39. The molecule has 1 aromatic carbocycles. The summed E-state index contributed by atoms with van der Waals surface area (Å²) in [6, 6.07) is 7.52. The first kappa shape index (κ1) is 17.0. The summed E-state index contributed by atoms with van der Waals surface area (Å²) >= 11 is 0. The van der Waals surface area contributed by atoms with Gasteiger partial charge in [-0.1, -0.05) is 18.2 Å². The molecule has 1 saturated heterocycles. The fourth-order valence-corrected chi connectivity index (χ4v) is 3.17. The standard InChI is InChI=1S/C18H21N3O4/c1-14-4-2-3-5-15(14)25-12-16(22)20-9-6-18(7-10-20,17(23)24)21-11-8-19-13-21/h2-5,8,11,13H,6-7,9-10,12H2,1H3,(H,23,24). The topological polar surface area (TPSA) is 84.7 Å². The largest absolute Gasteiger partial charge is 0.484 e. The van der Waals surface area contributed by atoms with Crippen LogP contribution in [-0.2, 0) is 15.1 Å². The molecule has 132 valence electrons. The van der Waals surface area contributed by atoms with E-state index in [1.165, 1.54) is 6.33 Å². The zero-order valence-electron chi connectivity index (χ0n) is 14.1. The van der Waals surface area contributed by atoms with E-state index in [9.17, 15) is 14.7 Å². The summed E-state index contributed by atoms with van der Waals surface area (Å²) in [4.78, 5) is 29.8. The van der Waals surface area contributed by atoms with E-state index in [1.54, 1.807) is 21.9 Å². The SMILES string of the molecule is Cc1ccccc1OCC(=O)N1CCC(C(=O)O)(n2ccnc2)CC1. The van der Waals surface area contributed by atoms with Crippen LogP contribution in [0.5, 0.6) is 5.75 Å². The van der Waals surface area contributed by atoms with E-state index in [4.69, 9.17) is 4.74 Å². The Morgan fingerprint density at radius 2 is 2.00 bits per heavy atom. The molecule has 0 spiro atoms. The summed E-state index contributed by atoms with van der Waals surface area (Å²) in [6.45, 7) is 2.63. The second kappa shape index (κ2) is 6.96. The van der Waals surface area contributed by atoms with Crippen LogP contribution in [0.2, 0.25) is 0 Å². The second-order valence-electron chi connectivity index (χ2n) is 6.24. The zero-order chi connectivity index (χ0) is 17.9. The van der Waals surface area contributed by atoms with Crippen LogP contribution in [0.15, 0.2) is 43.0 Å². The monoisotopic (exact) mass is 343 g/mol. The second-order valence-corrected chi connectivity index (χ2v) is 6.24. The number of imidazole rings is 1. The maximum Gasteiger partial charge on any atom is 0.330 e. The molecule has 0 atom stereocenters. The number of carboxylic acids is 1. The van der Waals surface area contributed by atoms with Crippen LogP contribution in [0.1, 0.15) is 18.4 Å². The van der Waals surface area contributed by atoms with Gasteiger partial charge >= 0.3 is 5.97 Å². The number of piperidine rings is 1. The van der Waals surface area contributed by atoms with Crippen molar-refractivity contribution in [3.63, 3.8) is 0 Å². The van der Waals surface area contributed by atoms with E-state index in [-0.39, 0.29) is 12.5 Å². The van der Waals surface area contributed by atoms with Gasteiger partial charge < -0.3 is 19.3 Å². The van der Waals surface area contributed by atoms with Crippen LogP contribution in [0.25, 0.3) is 0 Å². The average molecular weight is 343 g/mol. The molecule has 7 nitrogen and oxygen atoms in total. The molecule has 0 bridgehead atoms. The highest BCUT2D eigenvalue weighted by molar-refractivity contribution is 5.80.